The Morgan fingerprint density at radius 3 is 1.81 bits per heavy atom. The average Bonchev–Trinajstić information content (AvgIpc) is 2.85. The Bertz CT molecular complexity index is 1380. The van der Waals surface area contributed by atoms with Gasteiger partial charge in [-0.15, -0.1) is 0 Å². The van der Waals surface area contributed by atoms with Crippen molar-refractivity contribution in [2.75, 3.05) is 0 Å². The van der Waals surface area contributed by atoms with Gasteiger partial charge in [0.1, 0.15) is 0 Å². The molecule has 154 valence electrons. The first kappa shape index (κ1) is 18.6. The van der Waals surface area contributed by atoms with Crippen molar-refractivity contribution in [2.45, 2.75) is 13.0 Å². The molecular formula is C28H22N2O2+2. The first-order chi connectivity index (χ1) is 15.7. The van der Waals surface area contributed by atoms with Crippen LogP contribution in [-0.4, -0.2) is 27.6 Å². The molecular weight excluding hydrogens is 396 g/mol. The molecule has 4 aromatic rings. The lowest BCUT2D eigenvalue weighted by Gasteiger charge is -2.31. The zero-order valence-electron chi connectivity index (χ0n) is 17.7. The highest BCUT2D eigenvalue weighted by atomic mass is 16.7. The van der Waals surface area contributed by atoms with Crippen molar-refractivity contribution in [1.29, 1.82) is 0 Å². The molecule has 4 aromatic carbocycles. The first-order valence-corrected chi connectivity index (χ1v) is 10.7. The van der Waals surface area contributed by atoms with Crippen molar-refractivity contribution in [3.63, 3.8) is 0 Å². The van der Waals surface area contributed by atoms with Crippen LogP contribution in [0.2, 0.25) is 0 Å². The van der Waals surface area contributed by atoms with Gasteiger partial charge in [-0.2, -0.15) is 0 Å². The van der Waals surface area contributed by atoms with E-state index in [-0.39, 0.29) is 0 Å². The van der Waals surface area contributed by atoms with E-state index in [9.17, 15) is 0 Å². The monoisotopic (exact) mass is 418 g/mol. The largest absolute Gasteiger partial charge is 0.714 e. The molecule has 4 nitrogen and oxygen atoms in total. The van der Waals surface area contributed by atoms with Crippen molar-refractivity contribution >= 4 is 23.8 Å². The van der Waals surface area contributed by atoms with Gasteiger partial charge in [-0.05, 0) is 30.7 Å². The van der Waals surface area contributed by atoms with Gasteiger partial charge in [-0.25, -0.2) is 0 Å². The molecule has 0 saturated carbocycles. The molecule has 6 rings (SSSR count). The fraction of sp³-hybridized carbons (Fsp3) is 0.0714. The average molecular weight is 418 g/mol. The third kappa shape index (κ3) is 2.84. The highest BCUT2D eigenvalue weighted by Crippen LogP contribution is 2.41. The zero-order chi connectivity index (χ0) is 21.5. The minimum absolute atomic E-state index is 0.769. The van der Waals surface area contributed by atoms with E-state index >= 15 is 0 Å². The molecule has 32 heavy (non-hydrogen) atoms. The van der Waals surface area contributed by atoms with E-state index in [0.29, 0.717) is 0 Å². The van der Waals surface area contributed by atoms with Crippen LogP contribution in [0, 0.1) is 6.92 Å². The Labute approximate surface area is 186 Å². The Balaban J connectivity index is 1.67. The van der Waals surface area contributed by atoms with Crippen molar-refractivity contribution in [1.82, 2.24) is 0 Å². The SMILES string of the molecule is Cc1cccc2c1OC1(Oc3ccccc3C=[N+]1c1ccccc1)[N+](c1ccccc1)=C2. The molecule has 4 heteroatoms. The second-order valence-electron chi connectivity index (χ2n) is 7.95. The van der Waals surface area contributed by atoms with Crippen LogP contribution in [0.25, 0.3) is 0 Å². The Hall–Kier alpha value is -4.18. The molecule has 0 radical (unpaired) electrons. The number of ether oxygens (including phenoxy) is 2. The molecule has 0 aromatic heterocycles. The third-order valence-electron chi connectivity index (χ3n) is 5.85. The summed E-state index contributed by atoms with van der Waals surface area (Å²) in [6, 6.07) is 33.3. The standard InChI is InChI=1S/C28H22N2O2/c1-21-11-10-13-23-20-30(25-16-6-3-7-17-25)28(32-27(21)23)29(24-14-4-2-5-15-24)19-22-12-8-9-18-26(22)31-28/h2-20H,1H3/q+2. The van der Waals surface area contributed by atoms with Gasteiger partial charge in [0.25, 0.3) is 0 Å². The molecule has 0 aliphatic carbocycles. The molecule has 2 heterocycles. The van der Waals surface area contributed by atoms with Crippen molar-refractivity contribution < 1.29 is 18.6 Å². The topological polar surface area (TPSA) is 24.5 Å². The highest BCUT2D eigenvalue weighted by molar-refractivity contribution is 5.84. The summed E-state index contributed by atoms with van der Waals surface area (Å²) in [4.78, 5) is 0. The Morgan fingerprint density at radius 1 is 0.562 bits per heavy atom. The number of hydrogen-bond donors (Lipinski definition) is 0. The van der Waals surface area contributed by atoms with Gasteiger partial charge < -0.3 is 9.47 Å². The van der Waals surface area contributed by atoms with E-state index < -0.39 is 6.03 Å². The van der Waals surface area contributed by atoms with Crippen molar-refractivity contribution in [3.8, 4) is 11.5 Å². The van der Waals surface area contributed by atoms with E-state index in [1.807, 2.05) is 60.7 Å². The van der Waals surface area contributed by atoms with E-state index in [2.05, 4.69) is 71.0 Å². The molecule has 1 atom stereocenters. The molecule has 1 spiro atoms. The van der Waals surface area contributed by atoms with Crippen LogP contribution in [0.3, 0.4) is 0 Å². The second-order valence-corrected chi connectivity index (χ2v) is 7.95. The normalized spacial score (nSPS) is 18.5. The number of nitrogens with zero attached hydrogens (tertiary/aromatic N) is 2. The third-order valence-corrected chi connectivity index (χ3v) is 5.85. The predicted octanol–water partition coefficient (Wildman–Crippen LogP) is 5.62. The zero-order valence-corrected chi connectivity index (χ0v) is 17.7. The van der Waals surface area contributed by atoms with Crippen LogP contribution in [0.4, 0.5) is 11.4 Å². The fourth-order valence-corrected chi connectivity index (χ4v) is 4.30. The molecule has 2 aliphatic rings. The molecule has 0 amide bonds. The van der Waals surface area contributed by atoms with Crippen LogP contribution < -0.4 is 9.47 Å². The summed E-state index contributed by atoms with van der Waals surface area (Å²) in [5.74, 6) is 1.58. The van der Waals surface area contributed by atoms with Crippen LogP contribution in [0.5, 0.6) is 11.5 Å². The minimum atomic E-state index is -1.27. The molecule has 0 saturated heterocycles. The van der Waals surface area contributed by atoms with E-state index in [0.717, 1.165) is 39.6 Å². The molecule has 1 unspecified atom stereocenters. The number of fused-ring (bicyclic) bond motifs is 2. The number of rotatable bonds is 2. The van der Waals surface area contributed by atoms with E-state index in [1.54, 1.807) is 0 Å². The van der Waals surface area contributed by atoms with Crippen molar-refractivity contribution in [2.24, 2.45) is 0 Å². The second kappa shape index (κ2) is 7.20. The Kier molecular flexibility index (Phi) is 4.18. The lowest BCUT2D eigenvalue weighted by Crippen LogP contribution is -2.61. The van der Waals surface area contributed by atoms with Gasteiger partial charge in [0.15, 0.2) is 23.9 Å². The lowest BCUT2D eigenvalue weighted by molar-refractivity contribution is -0.855. The number of para-hydroxylation sites is 4. The van der Waals surface area contributed by atoms with Gasteiger partial charge in [-0.1, -0.05) is 69.8 Å². The maximum absolute atomic E-state index is 6.85. The van der Waals surface area contributed by atoms with Crippen LogP contribution in [-0.2, 0) is 0 Å². The van der Waals surface area contributed by atoms with E-state index in [4.69, 9.17) is 9.47 Å². The number of hydrogen-bond acceptors (Lipinski definition) is 2. The van der Waals surface area contributed by atoms with Gasteiger partial charge in [0.2, 0.25) is 11.4 Å². The van der Waals surface area contributed by atoms with Gasteiger partial charge >= 0.3 is 6.03 Å². The summed E-state index contributed by atoms with van der Waals surface area (Å²) >= 11 is 0. The highest BCUT2D eigenvalue weighted by Gasteiger charge is 2.66. The Morgan fingerprint density at radius 2 is 1.12 bits per heavy atom. The maximum Gasteiger partial charge on any atom is 0.714 e. The predicted molar refractivity (Wildman–Crippen MR) is 125 cm³/mol. The maximum atomic E-state index is 6.85. The summed E-state index contributed by atoms with van der Waals surface area (Å²) in [6.07, 6.45) is 4.21. The van der Waals surface area contributed by atoms with Gasteiger partial charge in [-0.3, -0.25) is 0 Å². The van der Waals surface area contributed by atoms with E-state index in [1.165, 1.54) is 0 Å². The van der Waals surface area contributed by atoms with Crippen LogP contribution >= 0.6 is 0 Å². The van der Waals surface area contributed by atoms with Crippen LogP contribution in [0.1, 0.15) is 16.7 Å². The summed E-state index contributed by atoms with van der Waals surface area (Å²) in [5.41, 5.74) is 4.99. The number of aryl methyl sites for hydroxylation is 1. The summed E-state index contributed by atoms with van der Waals surface area (Å²) in [7, 11) is 0. The first-order valence-electron chi connectivity index (χ1n) is 10.7. The number of benzene rings is 4. The minimum Gasteiger partial charge on any atom is -0.340 e. The molecule has 2 aliphatic heterocycles. The smallest absolute Gasteiger partial charge is 0.340 e. The lowest BCUT2D eigenvalue weighted by atomic mass is 10.1. The molecule has 0 fully saturated rings. The van der Waals surface area contributed by atoms with Crippen molar-refractivity contribution in [3.05, 3.63) is 120 Å². The molecule has 0 bridgehead atoms. The molecule has 0 N–H and O–H groups in total. The summed E-state index contributed by atoms with van der Waals surface area (Å²) < 4.78 is 17.8. The summed E-state index contributed by atoms with van der Waals surface area (Å²) in [6.45, 7) is 2.06. The summed E-state index contributed by atoms with van der Waals surface area (Å²) in [5, 5.41) is 0. The van der Waals surface area contributed by atoms with Crippen LogP contribution in [0.15, 0.2) is 103 Å². The quantitative estimate of drug-likeness (QED) is 0.395. The van der Waals surface area contributed by atoms with Gasteiger partial charge in [0.05, 0.1) is 11.1 Å². The fourth-order valence-electron chi connectivity index (χ4n) is 4.30. The van der Waals surface area contributed by atoms with Gasteiger partial charge in [0, 0.05) is 24.3 Å².